The summed E-state index contributed by atoms with van der Waals surface area (Å²) in [7, 11) is -0.365. The first kappa shape index (κ1) is 37.4. The third-order valence-corrected chi connectivity index (χ3v) is 10.4. The van der Waals surface area contributed by atoms with Crippen molar-refractivity contribution in [2.24, 2.45) is 5.92 Å². The number of hydrogen-bond acceptors (Lipinski definition) is 12. The minimum Gasteiger partial charge on any atom is -0.494 e. The van der Waals surface area contributed by atoms with Crippen molar-refractivity contribution >= 4 is 62.1 Å². The molecule has 2 aliphatic rings. The number of halogens is 1. The van der Waals surface area contributed by atoms with Crippen LogP contribution in [0.2, 0.25) is 5.02 Å². The van der Waals surface area contributed by atoms with Crippen molar-refractivity contribution < 1.29 is 22.7 Å². The number of piperidine rings is 1. The molecule has 0 amide bonds. The van der Waals surface area contributed by atoms with Crippen LogP contribution in [0.15, 0.2) is 48.7 Å². The molecule has 5 rings (SSSR count). The third-order valence-electron chi connectivity index (χ3n) is 8.90. The van der Waals surface area contributed by atoms with Gasteiger partial charge in [0.05, 0.1) is 43.2 Å². The molecule has 2 N–H and O–H groups in total. The lowest BCUT2D eigenvalue weighted by Crippen LogP contribution is -2.49. The molecule has 0 bridgehead atoms. The molecule has 13 nitrogen and oxygen atoms in total. The Morgan fingerprint density at radius 3 is 2.36 bits per heavy atom. The lowest BCUT2D eigenvalue weighted by molar-refractivity contribution is -0.156. The normalized spacial score (nSPS) is 16.6. The van der Waals surface area contributed by atoms with Crippen molar-refractivity contribution in [3.8, 4) is 5.75 Å². The first-order valence-electron chi connectivity index (χ1n) is 16.9. The monoisotopic (exact) mass is 728 g/mol. The van der Waals surface area contributed by atoms with Gasteiger partial charge >= 0.3 is 5.97 Å². The van der Waals surface area contributed by atoms with Crippen LogP contribution >= 0.6 is 11.6 Å². The van der Waals surface area contributed by atoms with Gasteiger partial charge in [0.15, 0.2) is 5.82 Å². The summed E-state index contributed by atoms with van der Waals surface area (Å²) < 4.78 is 36.8. The maximum Gasteiger partial charge on any atom is 0.320 e. The number of para-hydroxylation sites is 2. The predicted molar refractivity (Wildman–Crippen MR) is 200 cm³/mol. The largest absolute Gasteiger partial charge is 0.494 e. The van der Waals surface area contributed by atoms with Crippen molar-refractivity contribution in [2.45, 2.75) is 39.2 Å². The lowest BCUT2D eigenvalue weighted by Gasteiger charge is -2.39. The molecule has 3 aromatic rings. The van der Waals surface area contributed by atoms with Gasteiger partial charge in [0.25, 0.3) is 0 Å². The minimum absolute atomic E-state index is 0.145. The van der Waals surface area contributed by atoms with Gasteiger partial charge in [-0.05, 0) is 76.9 Å². The van der Waals surface area contributed by atoms with Crippen LogP contribution in [0.1, 0.15) is 33.6 Å². The number of benzene rings is 2. The van der Waals surface area contributed by atoms with Gasteiger partial charge in [0, 0.05) is 51.5 Å². The highest BCUT2D eigenvalue weighted by Gasteiger charge is 2.27. The Morgan fingerprint density at radius 1 is 1.00 bits per heavy atom. The van der Waals surface area contributed by atoms with Crippen LogP contribution < -0.4 is 24.6 Å². The molecule has 0 spiro atoms. The number of sulfonamides is 1. The molecule has 2 aliphatic heterocycles. The fourth-order valence-electron chi connectivity index (χ4n) is 6.21. The van der Waals surface area contributed by atoms with E-state index in [-0.39, 0.29) is 11.0 Å². The maximum atomic E-state index is 12.2. The fraction of sp³-hybridized carbons (Fsp3) is 0.514. The smallest absolute Gasteiger partial charge is 0.320 e. The quantitative estimate of drug-likeness (QED) is 0.238. The van der Waals surface area contributed by atoms with Gasteiger partial charge in [0.2, 0.25) is 16.0 Å². The van der Waals surface area contributed by atoms with Gasteiger partial charge in [-0.1, -0.05) is 23.7 Å². The van der Waals surface area contributed by atoms with E-state index in [9.17, 15) is 13.2 Å². The molecule has 272 valence electrons. The maximum absolute atomic E-state index is 12.2. The number of hydrogen-bond donors (Lipinski definition) is 2. The molecule has 1 aromatic heterocycles. The van der Waals surface area contributed by atoms with Crippen LogP contribution in [0.3, 0.4) is 0 Å². The summed E-state index contributed by atoms with van der Waals surface area (Å²) in [5.41, 5.74) is 2.30. The molecule has 2 aromatic carbocycles. The Hall–Kier alpha value is -3.85. The molecule has 2 fully saturated rings. The summed E-state index contributed by atoms with van der Waals surface area (Å²) in [4.78, 5) is 28.3. The van der Waals surface area contributed by atoms with E-state index in [4.69, 9.17) is 21.1 Å². The van der Waals surface area contributed by atoms with Crippen LogP contribution in [-0.2, 0) is 19.6 Å². The first-order valence-corrected chi connectivity index (χ1v) is 19.1. The lowest BCUT2D eigenvalue weighted by atomic mass is 9.96. The molecule has 2 saturated heterocycles. The van der Waals surface area contributed by atoms with E-state index in [1.165, 1.54) is 17.5 Å². The summed E-state index contributed by atoms with van der Waals surface area (Å²) in [6.45, 7) is 12.8. The van der Waals surface area contributed by atoms with Gasteiger partial charge in [-0.25, -0.2) is 13.4 Å². The highest BCUT2D eigenvalue weighted by Crippen LogP contribution is 2.34. The third kappa shape index (κ3) is 10.1. The van der Waals surface area contributed by atoms with E-state index < -0.39 is 15.6 Å². The van der Waals surface area contributed by atoms with Crippen molar-refractivity contribution in [2.75, 3.05) is 92.6 Å². The Morgan fingerprint density at radius 2 is 1.70 bits per heavy atom. The van der Waals surface area contributed by atoms with Crippen LogP contribution in [0.4, 0.5) is 34.5 Å². The average molecular weight is 729 g/mol. The van der Waals surface area contributed by atoms with Crippen LogP contribution in [0, 0.1) is 5.92 Å². The zero-order chi connectivity index (χ0) is 36.1. The molecule has 0 aliphatic carbocycles. The number of nitrogens with one attached hydrogen (secondary N) is 2. The van der Waals surface area contributed by atoms with Crippen molar-refractivity contribution in [3.05, 3.63) is 53.7 Å². The van der Waals surface area contributed by atoms with Gasteiger partial charge < -0.3 is 25.0 Å². The fourth-order valence-corrected chi connectivity index (χ4v) is 6.87. The van der Waals surface area contributed by atoms with E-state index in [2.05, 4.69) is 41.4 Å². The number of carbonyl (C=O) groups is 1. The van der Waals surface area contributed by atoms with E-state index >= 15 is 0 Å². The van der Waals surface area contributed by atoms with E-state index in [0.29, 0.717) is 47.0 Å². The summed E-state index contributed by atoms with van der Waals surface area (Å²) in [5, 5.41) is 6.67. The Labute approximate surface area is 300 Å². The number of anilines is 6. The number of likely N-dealkylation sites (tertiary alicyclic amines) is 1. The zero-order valence-corrected chi connectivity index (χ0v) is 31.4. The first-order chi connectivity index (χ1) is 23.7. The van der Waals surface area contributed by atoms with Crippen molar-refractivity contribution in [1.29, 1.82) is 0 Å². The van der Waals surface area contributed by atoms with Gasteiger partial charge in [-0.15, -0.1) is 0 Å². The molecule has 15 heteroatoms. The second-order valence-corrected chi connectivity index (χ2v) is 16.3. The van der Waals surface area contributed by atoms with Crippen LogP contribution in [-0.4, -0.2) is 113 Å². The van der Waals surface area contributed by atoms with E-state index in [1.54, 1.807) is 31.4 Å². The van der Waals surface area contributed by atoms with Gasteiger partial charge in [0.1, 0.15) is 16.4 Å². The summed E-state index contributed by atoms with van der Waals surface area (Å²) in [6, 6.07) is 13.0. The number of aromatic nitrogens is 2. The zero-order valence-electron chi connectivity index (χ0n) is 29.8. The van der Waals surface area contributed by atoms with Gasteiger partial charge in [-0.2, -0.15) is 4.98 Å². The SMILES string of the molecule is COc1cc(N2CCN(CC3CCN(CC(=O)OC(C)(C)C)CC3)CC2)ccc1Nc1ncc(Cl)c(Nc2ccccc2N(C)S(C)(=O)=O)n1. The number of rotatable bonds is 12. The topological polar surface area (TPSA) is 132 Å². The van der Waals surface area contributed by atoms with E-state index in [1.807, 2.05) is 32.9 Å². The highest BCUT2D eigenvalue weighted by atomic mass is 35.5. The van der Waals surface area contributed by atoms with Crippen molar-refractivity contribution in [1.82, 2.24) is 19.8 Å². The average Bonchev–Trinajstić information content (AvgIpc) is 3.06. The molecular formula is C35H49ClN8O5S. The predicted octanol–water partition coefficient (Wildman–Crippen LogP) is 5.20. The second kappa shape index (κ2) is 16.0. The molecular weight excluding hydrogens is 680 g/mol. The summed E-state index contributed by atoms with van der Waals surface area (Å²) >= 11 is 6.44. The van der Waals surface area contributed by atoms with E-state index in [0.717, 1.165) is 70.6 Å². The number of nitrogens with zero attached hydrogens (tertiary/aromatic N) is 6. The number of esters is 1. The minimum atomic E-state index is -3.49. The van der Waals surface area contributed by atoms with Crippen LogP contribution in [0.5, 0.6) is 5.75 Å². The van der Waals surface area contributed by atoms with Crippen LogP contribution in [0.25, 0.3) is 0 Å². The summed E-state index contributed by atoms with van der Waals surface area (Å²) in [5.74, 6) is 1.75. The Balaban J connectivity index is 1.15. The van der Waals surface area contributed by atoms with Gasteiger partial charge in [-0.3, -0.25) is 18.9 Å². The highest BCUT2D eigenvalue weighted by molar-refractivity contribution is 7.92. The molecule has 0 saturated carbocycles. The molecule has 0 atom stereocenters. The number of carbonyl (C=O) groups excluding carboxylic acids is 1. The number of piperazine rings is 1. The molecule has 0 radical (unpaired) electrons. The molecule has 0 unspecified atom stereocenters. The Bertz CT molecular complexity index is 1740. The molecule has 50 heavy (non-hydrogen) atoms. The molecule has 3 heterocycles. The summed E-state index contributed by atoms with van der Waals surface area (Å²) in [6.07, 6.45) is 4.82. The number of methoxy groups -OCH3 is 1. The Kier molecular flexibility index (Phi) is 12.0. The number of ether oxygens (including phenoxy) is 2. The van der Waals surface area contributed by atoms with Crippen molar-refractivity contribution in [3.63, 3.8) is 0 Å². The standard InChI is InChI=1S/C35H49ClN8O5S/c1-35(2,3)49-32(45)24-42-15-13-25(14-16-42)23-43-17-19-44(20-18-43)26-11-12-29(31(21-26)48-5)39-34-37-22-27(36)33(40-34)38-28-9-7-8-10-30(28)41(4)50(6,46)47/h7-12,21-22,25H,13-20,23-24H2,1-6H3,(H2,37,38,39,40). The second-order valence-electron chi connectivity index (χ2n) is 13.9.